The van der Waals surface area contributed by atoms with Crippen LogP contribution in [0.1, 0.15) is 37.7 Å². The number of amides is 1. The van der Waals surface area contributed by atoms with E-state index < -0.39 is 6.09 Å². The monoisotopic (exact) mass is 317 g/mol. The molecule has 0 bridgehead atoms. The molecule has 1 aliphatic carbocycles. The van der Waals surface area contributed by atoms with Gasteiger partial charge in [0.25, 0.3) is 0 Å². The van der Waals surface area contributed by atoms with Crippen molar-refractivity contribution in [3.05, 3.63) is 35.6 Å². The van der Waals surface area contributed by atoms with E-state index in [1.54, 1.807) is 23.7 Å². The van der Waals surface area contributed by atoms with Crippen LogP contribution >= 0.6 is 0 Å². The number of halogens is 1. The molecule has 1 N–H and O–H groups in total. The molecule has 1 aromatic heterocycles. The number of aromatic nitrogens is 2. The molecule has 1 aliphatic rings. The lowest BCUT2D eigenvalue weighted by atomic mass is 9.79. The van der Waals surface area contributed by atoms with Gasteiger partial charge in [0, 0.05) is 18.2 Å². The van der Waals surface area contributed by atoms with Crippen LogP contribution in [0.15, 0.2) is 24.3 Å². The number of ether oxygens (including phenoxy) is 1. The maximum atomic E-state index is 13.2. The first-order valence-corrected chi connectivity index (χ1v) is 7.86. The third kappa shape index (κ3) is 3.06. The van der Waals surface area contributed by atoms with E-state index >= 15 is 0 Å². The third-order valence-electron chi connectivity index (χ3n) is 4.21. The summed E-state index contributed by atoms with van der Waals surface area (Å²) in [5.41, 5.74) is 2.82. The predicted molar refractivity (Wildman–Crippen MR) is 85.8 cm³/mol. The minimum Gasteiger partial charge on any atom is -0.450 e. The largest absolute Gasteiger partial charge is 0.450 e. The average molecular weight is 317 g/mol. The van der Waals surface area contributed by atoms with Crippen molar-refractivity contribution in [2.24, 2.45) is 7.05 Å². The Labute approximate surface area is 134 Å². The van der Waals surface area contributed by atoms with Crippen molar-refractivity contribution < 1.29 is 13.9 Å². The lowest BCUT2D eigenvalue weighted by molar-refractivity contribution is 0.167. The number of nitrogens with one attached hydrogen (secondary N) is 1. The fourth-order valence-corrected chi connectivity index (χ4v) is 2.93. The number of hydrogen-bond acceptors (Lipinski definition) is 3. The topological polar surface area (TPSA) is 56.1 Å². The number of carbonyl (C=O) groups excluding carboxylic acids is 1. The van der Waals surface area contributed by atoms with Gasteiger partial charge in [0.05, 0.1) is 12.3 Å². The average Bonchev–Trinajstić information content (AvgIpc) is 2.75. The number of rotatable bonds is 4. The first kappa shape index (κ1) is 15.5. The van der Waals surface area contributed by atoms with Crippen molar-refractivity contribution in [2.45, 2.75) is 32.1 Å². The molecule has 0 aliphatic heterocycles. The van der Waals surface area contributed by atoms with Gasteiger partial charge in [0.1, 0.15) is 5.82 Å². The van der Waals surface area contributed by atoms with Crippen LogP contribution in [-0.2, 0) is 11.8 Å². The molecule has 1 amide bonds. The van der Waals surface area contributed by atoms with E-state index in [9.17, 15) is 9.18 Å². The molecule has 1 heterocycles. The predicted octanol–water partition coefficient (Wildman–Crippen LogP) is 4.06. The van der Waals surface area contributed by atoms with Crippen LogP contribution in [-0.4, -0.2) is 22.5 Å². The molecule has 0 radical (unpaired) electrons. The molecule has 6 heteroatoms. The number of anilines is 1. The fourth-order valence-electron chi connectivity index (χ4n) is 2.93. The number of aryl methyl sites for hydroxylation is 1. The van der Waals surface area contributed by atoms with Crippen LogP contribution in [0.2, 0.25) is 0 Å². The van der Waals surface area contributed by atoms with E-state index in [4.69, 9.17) is 4.74 Å². The van der Waals surface area contributed by atoms with Crippen molar-refractivity contribution >= 4 is 11.9 Å². The van der Waals surface area contributed by atoms with Crippen LogP contribution < -0.4 is 5.32 Å². The second-order valence-electron chi connectivity index (χ2n) is 5.71. The first-order chi connectivity index (χ1) is 11.1. The van der Waals surface area contributed by atoms with E-state index in [1.165, 1.54) is 18.6 Å². The van der Waals surface area contributed by atoms with Gasteiger partial charge in [-0.3, -0.25) is 10.00 Å². The highest BCUT2D eigenvalue weighted by molar-refractivity contribution is 5.86. The summed E-state index contributed by atoms with van der Waals surface area (Å²) >= 11 is 0. The van der Waals surface area contributed by atoms with Gasteiger partial charge < -0.3 is 4.74 Å². The summed E-state index contributed by atoms with van der Waals surface area (Å²) in [5.74, 6) is 0.627. The smallest absolute Gasteiger partial charge is 0.412 e. The Balaban J connectivity index is 2.02. The van der Waals surface area contributed by atoms with Gasteiger partial charge in [-0.25, -0.2) is 9.18 Å². The number of nitrogens with zero attached hydrogens (tertiary/aromatic N) is 2. The van der Waals surface area contributed by atoms with E-state index in [0.717, 1.165) is 29.7 Å². The molecule has 1 fully saturated rings. The molecule has 122 valence electrons. The normalized spacial score (nSPS) is 14.4. The Morgan fingerprint density at radius 2 is 2.09 bits per heavy atom. The standard InChI is InChI=1S/C17H20FN3O2/c1-3-23-17(22)19-16-14(11-5-4-6-11)15(21(2)20-16)12-7-9-13(18)10-8-12/h7-11H,3-6H2,1-2H3,(H,19,20,22). The summed E-state index contributed by atoms with van der Waals surface area (Å²) in [7, 11) is 1.83. The molecular weight excluding hydrogens is 297 g/mol. The number of benzene rings is 1. The summed E-state index contributed by atoms with van der Waals surface area (Å²) < 4.78 is 19.9. The highest BCUT2D eigenvalue weighted by Gasteiger charge is 2.30. The Morgan fingerprint density at radius 1 is 1.39 bits per heavy atom. The van der Waals surface area contributed by atoms with Gasteiger partial charge in [0.2, 0.25) is 0 Å². The maximum absolute atomic E-state index is 13.2. The molecule has 0 atom stereocenters. The van der Waals surface area contributed by atoms with Crippen molar-refractivity contribution in [1.29, 1.82) is 0 Å². The van der Waals surface area contributed by atoms with Crippen molar-refractivity contribution in [2.75, 3.05) is 11.9 Å². The molecule has 0 saturated heterocycles. The van der Waals surface area contributed by atoms with E-state index in [-0.39, 0.29) is 5.82 Å². The molecule has 1 aromatic carbocycles. The Morgan fingerprint density at radius 3 is 2.65 bits per heavy atom. The van der Waals surface area contributed by atoms with Gasteiger partial charge in [-0.15, -0.1) is 0 Å². The van der Waals surface area contributed by atoms with Gasteiger partial charge in [-0.2, -0.15) is 5.10 Å². The molecule has 23 heavy (non-hydrogen) atoms. The molecule has 3 rings (SSSR count). The summed E-state index contributed by atoms with van der Waals surface area (Å²) in [4.78, 5) is 11.8. The summed E-state index contributed by atoms with van der Waals surface area (Å²) in [6, 6.07) is 6.35. The molecular formula is C17H20FN3O2. The van der Waals surface area contributed by atoms with Gasteiger partial charge in [-0.05, 0) is 49.9 Å². The van der Waals surface area contributed by atoms with Crippen LogP contribution in [0.5, 0.6) is 0 Å². The van der Waals surface area contributed by atoms with E-state index in [2.05, 4.69) is 10.4 Å². The van der Waals surface area contributed by atoms with E-state index in [1.807, 2.05) is 7.05 Å². The lowest BCUT2D eigenvalue weighted by Gasteiger charge is -2.26. The summed E-state index contributed by atoms with van der Waals surface area (Å²) in [5, 5.41) is 7.18. The second kappa shape index (κ2) is 6.40. The van der Waals surface area contributed by atoms with Gasteiger partial charge in [0.15, 0.2) is 5.82 Å². The zero-order valence-corrected chi connectivity index (χ0v) is 13.3. The molecule has 5 nitrogen and oxygen atoms in total. The maximum Gasteiger partial charge on any atom is 0.412 e. The fraction of sp³-hybridized carbons (Fsp3) is 0.412. The highest BCUT2D eigenvalue weighted by atomic mass is 19.1. The quantitative estimate of drug-likeness (QED) is 0.925. The SMILES string of the molecule is CCOC(=O)Nc1nn(C)c(-c2ccc(F)cc2)c1C1CCC1. The first-order valence-electron chi connectivity index (χ1n) is 7.86. The number of carbonyl (C=O) groups is 1. The van der Waals surface area contributed by atoms with Crippen molar-refractivity contribution in [1.82, 2.24) is 9.78 Å². The van der Waals surface area contributed by atoms with Gasteiger partial charge in [-0.1, -0.05) is 6.42 Å². The zero-order chi connectivity index (χ0) is 16.4. The Kier molecular flexibility index (Phi) is 4.32. The minimum atomic E-state index is -0.503. The lowest BCUT2D eigenvalue weighted by Crippen LogP contribution is -2.17. The van der Waals surface area contributed by atoms with Gasteiger partial charge >= 0.3 is 6.09 Å². The molecule has 0 spiro atoms. The Bertz CT molecular complexity index is 705. The zero-order valence-electron chi connectivity index (χ0n) is 13.3. The second-order valence-corrected chi connectivity index (χ2v) is 5.71. The minimum absolute atomic E-state index is 0.272. The van der Waals surface area contributed by atoms with Crippen molar-refractivity contribution in [3.8, 4) is 11.3 Å². The molecule has 2 aromatic rings. The van der Waals surface area contributed by atoms with Crippen LogP contribution in [0.4, 0.5) is 15.0 Å². The Hall–Kier alpha value is -2.37. The third-order valence-corrected chi connectivity index (χ3v) is 4.21. The van der Waals surface area contributed by atoms with Crippen LogP contribution in [0.3, 0.4) is 0 Å². The van der Waals surface area contributed by atoms with E-state index in [0.29, 0.717) is 18.3 Å². The highest BCUT2D eigenvalue weighted by Crippen LogP contribution is 2.44. The van der Waals surface area contributed by atoms with Crippen LogP contribution in [0, 0.1) is 5.82 Å². The molecule has 0 unspecified atom stereocenters. The summed E-state index contributed by atoms with van der Waals surface area (Å²) in [6.07, 6.45) is 2.80. The number of hydrogen-bond donors (Lipinski definition) is 1. The van der Waals surface area contributed by atoms with Crippen LogP contribution in [0.25, 0.3) is 11.3 Å². The molecule has 1 saturated carbocycles. The van der Waals surface area contributed by atoms with Crippen molar-refractivity contribution in [3.63, 3.8) is 0 Å². The summed E-state index contributed by atoms with van der Waals surface area (Å²) in [6.45, 7) is 2.07.